The van der Waals surface area contributed by atoms with E-state index in [-0.39, 0.29) is 0 Å². The quantitative estimate of drug-likeness (QED) is 0.820. The Bertz CT molecular complexity index is 367. The molecule has 1 aromatic carbocycles. The summed E-state index contributed by atoms with van der Waals surface area (Å²) in [6.45, 7) is 4.87. The van der Waals surface area contributed by atoms with E-state index in [0.717, 1.165) is 12.2 Å². The average Bonchev–Trinajstić information content (AvgIpc) is 2.38. The van der Waals surface area contributed by atoms with Gasteiger partial charge in [-0.25, -0.2) is 0 Å². The SMILES string of the molecule is CCC(C)c1ccc(OCCC(N)C#N)cc1. The van der Waals surface area contributed by atoms with Crippen molar-refractivity contribution < 1.29 is 4.74 Å². The van der Waals surface area contributed by atoms with Gasteiger partial charge in [0.15, 0.2) is 0 Å². The number of ether oxygens (including phenoxy) is 1. The largest absolute Gasteiger partial charge is 0.493 e. The Kier molecular flexibility index (Phi) is 5.51. The molecule has 0 aromatic heterocycles. The third-order valence-corrected chi connectivity index (χ3v) is 2.92. The molecule has 0 aliphatic rings. The number of hydrogen-bond donors (Lipinski definition) is 1. The molecule has 2 unspecified atom stereocenters. The Morgan fingerprint density at radius 2 is 2.00 bits per heavy atom. The van der Waals surface area contributed by atoms with Gasteiger partial charge < -0.3 is 10.5 Å². The predicted molar refractivity (Wildman–Crippen MR) is 68.8 cm³/mol. The highest BCUT2D eigenvalue weighted by molar-refractivity contribution is 5.29. The first-order chi connectivity index (χ1) is 8.17. The van der Waals surface area contributed by atoms with Crippen molar-refractivity contribution in [2.75, 3.05) is 6.61 Å². The van der Waals surface area contributed by atoms with E-state index in [4.69, 9.17) is 15.7 Å². The monoisotopic (exact) mass is 232 g/mol. The molecule has 3 nitrogen and oxygen atoms in total. The van der Waals surface area contributed by atoms with Gasteiger partial charge in [-0.2, -0.15) is 5.26 Å². The molecule has 0 bridgehead atoms. The second-order valence-corrected chi connectivity index (χ2v) is 4.25. The van der Waals surface area contributed by atoms with Crippen LogP contribution in [0.5, 0.6) is 5.75 Å². The fourth-order valence-corrected chi connectivity index (χ4v) is 1.50. The van der Waals surface area contributed by atoms with Crippen molar-refractivity contribution in [3.8, 4) is 11.8 Å². The molecule has 92 valence electrons. The highest BCUT2D eigenvalue weighted by atomic mass is 16.5. The molecular formula is C14H20N2O. The molecule has 0 fully saturated rings. The molecule has 0 radical (unpaired) electrons. The minimum Gasteiger partial charge on any atom is -0.493 e. The van der Waals surface area contributed by atoms with Crippen molar-refractivity contribution in [1.82, 2.24) is 0 Å². The number of hydrogen-bond acceptors (Lipinski definition) is 3. The summed E-state index contributed by atoms with van der Waals surface area (Å²) in [6, 6.07) is 9.67. The van der Waals surface area contributed by atoms with Crippen LogP contribution in [0, 0.1) is 11.3 Å². The molecule has 0 aliphatic heterocycles. The summed E-state index contributed by atoms with van der Waals surface area (Å²) in [5.41, 5.74) is 6.81. The molecule has 0 spiro atoms. The Morgan fingerprint density at radius 1 is 1.35 bits per heavy atom. The fraction of sp³-hybridized carbons (Fsp3) is 0.500. The molecule has 2 atom stereocenters. The van der Waals surface area contributed by atoms with E-state index in [0.29, 0.717) is 18.9 Å². The van der Waals surface area contributed by atoms with Crippen LogP contribution < -0.4 is 10.5 Å². The number of rotatable bonds is 6. The highest BCUT2D eigenvalue weighted by Crippen LogP contribution is 2.21. The summed E-state index contributed by atoms with van der Waals surface area (Å²) in [4.78, 5) is 0. The summed E-state index contributed by atoms with van der Waals surface area (Å²) in [7, 11) is 0. The normalized spacial score (nSPS) is 13.8. The van der Waals surface area contributed by atoms with Gasteiger partial charge in [0, 0.05) is 6.42 Å². The molecule has 17 heavy (non-hydrogen) atoms. The summed E-state index contributed by atoms with van der Waals surface area (Å²) in [5, 5.41) is 8.53. The maximum atomic E-state index is 8.53. The Morgan fingerprint density at radius 3 is 2.53 bits per heavy atom. The molecule has 1 aromatic rings. The van der Waals surface area contributed by atoms with Crippen LogP contribution in [0.3, 0.4) is 0 Å². The number of nitriles is 1. The molecule has 0 saturated carbocycles. The molecule has 0 aliphatic carbocycles. The summed E-state index contributed by atoms with van der Waals surface area (Å²) >= 11 is 0. The molecule has 2 N–H and O–H groups in total. The molecule has 1 rings (SSSR count). The summed E-state index contributed by atoms with van der Waals surface area (Å²) in [6.07, 6.45) is 1.70. The lowest BCUT2D eigenvalue weighted by Crippen LogP contribution is -2.20. The van der Waals surface area contributed by atoms with Gasteiger partial charge in [0.25, 0.3) is 0 Å². The van der Waals surface area contributed by atoms with Crippen LogP contribution in [0.25, 0.3) is 0 Å². The topological polar surface area (TPSA) is 59.0 Å². The zero-order valence-electron chi connectivity index (χ0n) is 10.5. The van der Waals surface area contributed by atoms with Crippen LogP contribution in [0.1, 0.15) is 38.2 Å². The fourth-order valence-electron chi connectivity index (χ4n) is 1.50. The van der Waals surface area contributed by atoms with Gasteiger partial charge in [-0.1, -0.05) is 26.0 Å². The van der Waals surface area contributed by atoms with Crippen LogP contribution in [-0.2, 0) is 0 Å². The van der Waals surface area contributed by atoms with E-state index >= 15 is 0 Å². The lowest BCUT2D eigenvalue weighted by atomic mass is 9.99. The molecular weight excluding hydrogens is 212 g/mol. The maximum absolute atomic E-state index is 8.53. The number of benzene rings is 1. The highest BCUT2D eigenvalue weighted by Gasteiger charge is 2.03. The van der Waals surface area contributed by atoms with E-state index in [2.05, 4.69) is 26.0 Å². The summed E-state index contributed by atoms with van der Waals surface area (Å²) < 4.78 is 5.52. The number of nitrogens with two attached hydrogens (primary N) is 1. The molecule has 0 saturated heterocycles. The van der Waals surface area contributed by atoms with Gasteiger partial charge in [0.2, 0.25) is 0 Å². The van der Waals surface area contributed by atoms with Crippen molar-refractivity contribution in [3.05, 3.63) is 29.8 Å². The van der Waals surface area contributed by atoms with E-state index in [1.54, 1.807) is 0 Å². The van der Waals surface area contributed by atoms with Crippen molar-refractivity contribution in [2.24, 2.45) is 5.73 Å². The van der Waals surface area contributed by atoms with Gasteiger partial charge in [0.1, 0.15) is 5.75 Å². The molecule has 0 heterocycles. The van der Waals surface area contributed by atoms with E-state index < -0.39 is 6.04 Å². The van der Waals surface area contributed by atoms with Crippen LogP contribution in [0.4, 0.5) is 0 Å². The zero-order chi connectivity index (χ0) is 12.7. The average molecular weight is 232 g/mol. The molecule has 3 heteroatoms. The van der Waals surface area contributed by atoms with Gasteiger partial charge in [-0.05, 0) is 30.0 Å². The van der Waals surface area contributed by atoms with E-state index in [9.17, 15) is 0 Å². The van der Waals surface area contributed by atoms with Crippen LogP contribution in [0.15, 0.2) is 24.3 Å². The third-order valence-electron chi connectivity index (χ3n) is 2.92. The van der Waals surface area contributed by atoms with Gasteiger partial charge in [-0.3, -0.25) is 0 Å². The second-order valence-electron chi connectivity index (χ2n) is 4.25. The lowest BCUT2D eigenvalue weighted by molar-refractivity contribution is 0.306. The minimum atomic E-state index is -0.436. The van der Waals surface area contributed by atoms with Crippen molar-refractivity contribution in [2.45, 2.75) is 38.6 Å². The Hall–Kier alpha value is -1.53. The second kappa shape index (κ2) is 6.93. The van der Waals surface area contributed by atoms with Gasteiger partial charge >= 0.3 is 0 Å². The third kappa shape index (κ3) is 4.46. The van der Waals surface area contributed by atoms with E-state index in [1.807, 2.05) is 18.2 Å². The van der Waals surface area contributed by atoms with Gasteiger partial charge in [-0.15, -0.1) is 0 Å². The predicted octanol–water partition coefficient (Wildman–Crippen LogP) is 2.82. The number of nitrogens with zero attached hydrogens (tertiary/aromatic N) is 1. The Balaban J connectivity index is 2.43. The van der Waals surface area contributed by atoms with Crippen molar-refractivity contribution in [3.63, 3.8) is 0 Å². The lowest BCUT2D eigenvalue weighted by Gasteiger charge is -2.11. The zero-order valence-corrected chi connectivity index (χ0v) is 10.5. The van der Waals surface area contributed by atoms with Crippen molar-refractivity contribution >= 4 is 0 Å². The van der Waals surface area contributed by atoms with Crippen LogP contribution in [-0.4, -0.2) is 12.6 Å². The van der Waals surface area contributed by atoms with E-state index in [1.165, 1.54) is 5.56 Å². The first-order valence-corrected chi connectivity index (χ1v) is 6.05. The standard InChI is InChI=1S/C14H20N2O/c1-3-11(2)12-4-6-14(7-5-12)17-9-8-13(16)10-15/h4-7,11,13H,3,8-9,16H2,1-2H3. The van der Waals surface area contributed by atoms with Gasteiger partial charge in [0.05, 0.1) is 18.7 Å². The molecule has 0 amide bonds. The first-order valence-electron chi connectivity index (χ1n) is 6.05. The Labute approximate surface area is 103 Å². The smallest absolute Gasteiger partial charge is 0.119 e. The first kappa shape index (κ1) is 13.5. The van der Waals surface area contributed by atoms with Crippen molar-refractivity contribution in [1.29, 1.82) is 5.26 Å². The minimum absolute atomic E-state index is 0.436. The summed E-state index contributed by atoms with van der Waals surface area (Å²) in [5.74, 6) is 1.42. The van der Waals surface area contributed by atoms with Crippen LogP contribution >= 0.6 is 0 Å². The van der Waals surface area contributed by atoms with Crippen LogP contribution in [0.2, 0.25) is 0 Å². The maximum Gasteiger partial charge on any atom is 0.119 e.